The van der Waals surface area contributed by atoms with Crippen molar-refractivity contribution >= 4 is 0 Å². The van der Waals surface area contributed by atoms with Gasteiger partial charge in [-0.25, -0.2) is 4.68 Å². The quantitative estimate of drug-likeness (QED) is 0.842. The number of pyridine rings is 1. The van der Waals surface area contributed by atoms with E-state index in [1.165, 1.54) is 0 Å². The van der Waals surface area contributed by atoms with Crippen LogP contribution in [0.5, 0.6) is 0 Å². The number of rotatable bonds is 4. The summed E-state index contributed by atoms with van der Waals surface area (Å²) in [5, 5.41) is 4.54. The van der Waals surface area contributed by atoms with E-state index in [4.69, 9.17) is 0 Å². The molecule has 0 aliphatic carbocycles. The van der Waals surface area contributed by atoms with Gasteiger partial charge in [0.1, 0.15) is 0 Å². The molecule has 0 aromatic carbocycles. The van der Waals surface area contributed by atoms with E-state index < -0.39 is 0 Å². The van der Waals surface area contributed by atoms with Gasteiger partial charge < -0.3 is 4.57 Å². The molecule has 2 aromatic heterocycles. The lowest BCUT2D eigenvalue weighted by Crippen LogP contribution is -2.49. The molecule has 0 atom stereocenters. The fourth-order valence-electron chi connectivity index (χ4n) is 3.14. The summed E-state index contributed by atoms with van der Waals surface area (Å²) in [6, 6.07) is 8.79. The Bertz CT molecular complexity index is 870. The standard InChI is InChI=1S/C19H26N4O2/c1-19(2,3)16-8-9-18(25)23(20-16)12-14-10-22(11-14)13-15-6-5-7-17(24)21(15)4/h5-9,14H,10-13H2,1-4H3. The van der Waals surface area contributed by atoms with Crippen molar-refractivity contribution < 1.29 is 0 Å². The summed E-state index contributed by atoms with van der Waals surface area (Å²) in [4.78, 5) is 26.0. The zero-order chi connectivity index (χ0) is 18.2. The molecule has 1 aliphatic rings. The Hall–Kier alpha value is -2.21. The van der Waals surface area contributed by atoms with Crippen LogP contribution < -0.4 is 11.1 Å². The average Bonchev–Trinajstić information content (AvgIpc) is 2.50. The van der Waals surface area contributed by atoms with E-state index in [0.29, 0.717) is 12.5 Å². The Morgan fingerprint density at radius 3 is 2.48 bits per heavy atom. The van der Waals surface area contributed by atoms with Gasteiger partial charge in [0.2, 0.25) is 5.56 Å². The third-order valence-electron chi connectivity index (χ3n) is 4.77. The van der Waals surface area contributed by atoms with Gasteiger partial charge >= 0.3 is 0 Å². The fourth-order valence-corrected chi connectivity index (χ4v) is 3.14. The first-order valence-corrected chi connectivity index (χ1v) is 8.70. The van der Waals surface area contributed by atoms with Gasteiger partial charge in [-0.1, -0.05) is 26.8 Å². The lowest BCUT2D eigenvalue weighted by atomic mass is 9.92. The molecule has 0 N–H and O–H groups in total. The number of nitrogens with zero attached hydrogens (tertiary/aromatic N) is 4. The first kappa shape index (κ1) is 17.6. The smallest absolute Gasteiger partial charge is 0.266 e. The van der Waals surface area contributed by atoms with Crippen LogP contribution in [0.4, 0.5) is 0 Å². The molecule has 25 heavy (non-hydrogen) atoms. The highest BCUT2D eigenvalue weighted by molar-refractivity contribution is 5.11. The van der Waals surface area contributed by atoms with Crippen molar-refractivity contribution in [2.75, 3.05) is 13.1 Å². The van der Waals surface area contributed by atoms with Crippen LogP contribution in [0.2, 0.25) is 0 Å². The highest BCUT2D eigenvalue weighted by atomic mass is 16.1. The van der Waals surface area contributed by atoms with Gasteiger partial charge in [-0.2, -0.15) is 5.10 Å². The van der Waals surface area contributed by atoms with Crippen LogP contribution in [0, 0.1) is 5.92 Å². The Morgan fingerprint density at radius 1 is 1.08 bits per heavy atom. The maximum Gasteiger partial charge on any atom is 0.266 e. The van der Waals surface area contributed by atoms with Crippen LogP contribution in [-0.2, 0) is 25.6 Å². The second-order valence-corrected chi connectivity index (χ2v) is 7.96. The summed E-state index contributed by atoms with van der Waals surface area (Å²) in [7, 11) is 1.80. The van der Waals surface area contributed by atoms with Crippen molar-refractivity contribution in [1.82, 2.24) is 19.2 Å². The first-order chi connectivity index (χ1) is 11.7. The van der Waals surface area contributed by atoms with E-state index in [0.717, 1.165) is 31.0 Å². The first-order valence-electron chi connectivity index (χ1n) is 8.70. The molecule has 1 saturated heterocycles. The maximum atomic E-state index is 12.1. The molecule has 0 radical (unpaired) electrons. The van der Waals surface area contributed by atoms with Crippen LogP contribution in [0.25, 0.3) is 0 Å². The number of hydrogen-bond acceptors (Lipinski definition) is 4. The third-order valence-corrected chi connectivity index (χ3v) is 4.77. The Kier molecular flexibility index (Phi) is 4.64. The van der Waals surface area contributed by atoms with E-state index in [1.807, 2.05) is 12.1 Å². The van der Waals surface area contributed by atoms with Gasteiger partial charge in [0.15, 0.2) is 0 Å². The molecule has 1 aliphatic heterocycles. The molecule has 0 unspecified atom stereocenters. The molecule has 3 heterocycles. The minimum atomic E-state index is -0.0702. The highest BCUT2D eigenvalue weighted by Gasteiger charge is 2.28. The van der Waals surface area contributed by atoms with Crippen molar-refractivity contribution in [2.24, 2.45) is 13.0 Å². The zero-order valence-electron chi connectivity index (χ0n) is 15.4. The normalized spacial score (nSPS) is 16.0. The van der Waals surface area contributed by atoms with Crippen LogP contribution in [-0.4, -0.2) is 32.3 Å². The molecule has 134 valence electrons. The summed E-state index contributed by atoms with van der Waals surface area (Å²) in [5.74, 6) is 0.418. The summed E-state index contributed by atoms with van der Waals surface area (Å²) < 4.78 is 3.28. The van der Waals surface area contributed by atoms with Crippen molar-refractivity contribution in [3.63, 3.8) is 0 Å². The van der Waals surface area contributed by atoms with Crippen LogP contribution in [0.3, 0.4) is 0 Å². The van der Waals surface area contributed by atoms with E-state index in [9.17, 15) is 9.59 Å². The Morgan fingerprint density at radius 2 is 1.80 bits per heavy atom. The molecular formula is C19H26N4O2. The van der Waals surface area contributed by atoms with Gasteiger partial charge in [0.25, 0.3) is 5.56 Å². The monoisotopic (exact) mass is 342 g/mol. The molecule has 6 heteroatoms. The van der Waals surface area contributed by atoms with E-state index >= 15 is 0 Å². The zero-order valence-corrected chi connectivity index (χ0v) is 15.4. The van der Waals surface area contributed by atoms with E-state index in [2.05, 4.69) is 30.8 Å². The van der Waals surface area contributed by atoms with Gasteiger partial charge in [-0.3, -0.25) is 14.5 Å². The summed E-state index contributed by atoms with van der Waals surface area (Å²) in [6.07, 6.45) is 0. The summed E-state index contributed by atoms with van der Waals surface area (Å²) in [6.45, 7) is 9.52. The van der Waals surface area contributed by atoms with Crippen LogP contribution in [0.15, 0.2) is 39.9 Å². The molecule has 3 rings (SSSR count). The number of likely N-dealkylation sites (tertiary alicyclic amines) is 1. The average molecular weight is 342 g/mol. The Labute approximate surface area is 147 Å². The number of aromatic nitrogens is 3. The van der Waals surface area contributed by atoms with Gasteiger partial charge in [0, 0.05) is 55.8 Å². The molecule has 2 aromatic rings. The predicted octanol–water partition coefficient (Wildman–Crippen LogP) is 1.37. The van der Waals surface area contributed by atoms with Crippen LogP contribution >= 0.6 is 0 Å². The maximum absolute atomic E-state index is 12.1. The molecule has 1 fully saturated rings. The van der Waals surface area contributed by atoms with Gasteiger partial charge in [-0.05, 0) is 12.1 Å². The third kappa shape index (κ3) is 3.90. The lowest BCUT2D eigenvalue weighted by Gasteiger charge is -2.39. The minimum Gasteiger partial charge on any atom is -0.314 e. The molecule has 0 spiro atoms. The summed E-state index contributed by atoms with van der Waals surface area (Å²) in [5.41, 5.74) is 1.85. The Balaban J connectivity index is 1.62. The fraction of sp³-hybridized carbons (Fsp3) is 0.526. The molecular weight excluding hydrogens is 316 g/mol. The second-order valence-electron chi connectivity index (χ2n) is 7.96. The molecule has 0 amide bonds. The van der Waals surface area contributed by atoms with E-state index in [1.54, 1.807) is 34.5 Å². The lowest BCUT2D eigenvalue weighted by molar-refractivity contribution is 0.0739. The number of hydrogen-bond donors (Lipinski definition) is 0. The minimum absolute atomic E-state index is 0.0179. The topological polar surface area (TPSA) is 60.1 Å². The highest BCUT2D eigenvalue weighted by Crippen LogP contribution is 2.21. The van der Waals surface area contributed by atoms with E-state index in [-0.39, 0.29) is 16.5 Å². The van der Waals surface area contributed by atoms with Crippen molar-refractivity contribution in [3.05, 3.63) is 62.4 Å². The van der Waals surface area contributed by atoms with Crippen molar-refractivity contribution in [3.8, 4) is 0 Å². The predicted molar refractivity (Wildman–Crippen MR) is 97.6 cm³/mol. The molecule has 6 nitrogen and oxygen atoms in total. The largest absolute Gasteiger partial charge is 0.314 e. The molecule has 0 bridgehead atoms. The SMILES string of the molecule is Cn1c(CN2CC(Cn3nc(C(C)(C)C)ccc3=O)C2)cccc1=O. The van der Waals surface area contributed by atoms with Gasteiger partial charge in [-0.15, -0.1) is 0 Å². The van der Waals surface area contributed by atoms with Crippen LogP contribution in [0.1, 0.15) is 32.2 Å². The van der Waals surface area contributed by atoms with Crippen molar-refractivity contribution in [1.29, 1.82) is 0 Å². The second kappa shape index (κ2) is 6.59. The van der Waals surface area contributed by atoms with Crippen molar-refractivity contribution in [2.45, 2.75) is 39.3 Å². The van der Waals surface area contributed by atoms with Gasteiger partial charge in [0.05, 0.1) is 12.2 Å². The summed E-state index contributed by atoms with van der Waals surface area (Å²) >= 11 is 0. The molecule has 0 saturated carbocycles.